The van der Waals surface area contributed by atoms with Crippen molar-refractivity contribution >= 4 is 22.8 Å². The Balaban J connectivity index is 1.88. The number of esters is 1. The molecule has 0 radical (unpaired) electrons. The highest BCUT2D eigenvalue weighted by atomic mass is 16.5. The Morgan fingerprint density at radius 3 is 2.57 bits per heavy atom. The maximum atomic E-state index is 12.9. The summed E-state index contributed by atoms with van der Waals surface area (Å²) in [4.78, 5) is 30.0. The molecule has 1 amide bonds. The Morgan fingerprint density at radius 1 is 1.20 bits per heavy atom. The van der Waals surface area contributed by atoms with Crippen LogP contribution in [0.3, 0.4) is 0 Å². The molecular formula is C23H23N3O4. The molecule has 0 saturated carbocycles. The molecule has 2 heterocycles. The van der Waals surface area contributed by atoms with E-state index in [2.05, 4.69) is 16.4 Å². The summed E-state index contributed by atoms with van der Waals surface area (Å²) in [5.41, 5.74) is 0.304. The predicted molar refractivity (Wildman–Crippen MR) is 111 cm³/mol. The van der Waals surface area contributed by atoms with Gasteiger partial charge in [0, 0.05) is 5.39 Å². The highest BCUT2D eigenvalue weighted by Gasteiger charge is 2.33. The fourth-order valence-electron chi connectivity index (χ4n) is 2.83. The van der Waals surface area contributed by atoms with Crippen molar-refractivity contribution in [3.05, 3.63) is 54.3 Å². The van der Waals surface area contributed by atoms with Gasteiger partial charge < -0.3 is 14.5 Å². The summed E-state index contributed by atoms with van der Waals surface area (Å²) in [5, 5.41) is 12.7. The molecule has 2 atom stereocenters. The maximum Gasteiger partial charge on any atom is 0.339 e. The molecule has 0 unspecified atom stereocenters. The normalized spacial score (nSPS) is 14.0. The van der Waals surface area contributed by atoms with Gasteiger partial charge in [-0.3, -0.25) is 4.79 Å². The molecular weight excluding hydrogens is 382 g/mol. The number of hydrogen-bond donors (Lipinski definition) is 1. The molecule has 0 aliphatic heterocycles. The summed E-state index contributed by atoms with van der Waals surface area (Å²) < 4.78 is 10.8. The molecule has 3 rings (SSSR count). The van der Waals surface area contributed by atoms with Gasteiger partial charge in [0.15, 0.2) is 11.9 Å². The number of nitrogens with zero attached hydrogens (tertiary/aromatic N) is 2. The van der Waals surface area contributed by atoms with E-state index in [-0.39, 0.29) is 11.5 Å². The maximum absolute atomic E-state index is 12.9. The first-order valence-electron chi connectivity index (χ1n) is 9.63. The Morgan fingerprint density at radius 2 is 1.93 bits per heavy atom. The lowest BCUT2D eigenvalue weighted by molar-refractivity contribution is -0.130. The number of rotatable bonds is 6. The van der Waals surface area contributed by atoms with Crippen LogP contribution in [0, 0.1) is 17.2 Å². The Hall–Kier alpha value is -3.66. The lowest BCUT2D eigenvalue weighted by Gasteiger charge is -2.28. The van der Waals surface area contributed by atoms with Crippen molar-refractivity contribution in [1.82, 2.24) is 10.3 Å². The van der Waals surface area contributed by atoms with Crippen molar-refractivity contribution in [3.8, 4) is 17.5 Å². The van der Waals surface area contributed by atoms with E-state index in [0.29, 0.717) is 22.4 Å². The number of carbonyl (C=O) groups is 2. The highest BCUT2D eigenvalue weighted by Crippen LogP contribution is 2.26. The van der Waals surface area contributed by atoms with Crippen LogP contribution in [0.15, 0.2) is 53.1 Å². The number of nitriles is 1. The van der Waals surface area contributed by atoms with E-state index in [4.69, 9.17) is 9.15 Å². The zero-order valence-corrected chi connectivity index (χ0v) is 17.3. The predicted octanol–water partition coefficient (Wildman–Crippen LogP) is 4.09. The number of aromatic nitrogens is 1. The second kappa shape index (κ2) is 8.37. The number of nitrogens with one attached hydrogen (secondary N) is 1. The number of amides is 1. The second-order valence-corrected chi connectivity index (χ2v) is 7.56. The average molecular weight is 405 g/mol. The van der Waals surface area contributed by atoms with Gasteiger partial charge in [0.05, 0.1) is 23.4 Å². The van der Waals surface area contributed by atoms with Crippen LogP contribution in [-0.2, 0) is 9.53 Å². The zero-order chi connectivity index (χ0) is 21.9. The van der Waals surface area contributed by atoms with Gasteiger partial charge >= 0.3 is 5.97 Å². The second-order valence-electron chi connectivity index (χ2n) is 7.56. The van der Waals surface area contributed by atoms with E-state index >= 15 is 0 Å². The van der Waals surface area contributed by atoms with E-state index in [9.17, 15) is 14.9 Å². The van der Waals surface area contributed by atoms with E-state index in [0.717, 1.165) is 0 Å². The molecule has 7 heteroatoms. The Labute approximate surface area is 174 Å². The number of para-hydroxylation sites is 1. The molecule has 0 aliphatic carbocycles. The largest absolute Gasteiger partial charge is 0.463 e. The summed E-state index contributed by atoms with van der Waals surface area (Å²) in [6, 6.07) is 14.3. The van der Waals surface area contributed by atoms with Crippen molar-refractivity contribution < 1.29 is 18.7 Å². The third kappa shape index (κ3) is 4.18. The van der Waals surface area contributed by atoms with Crippen molar-refractivity contribution in [1.29, 1.82) is 5.26 Å². The van der Waals surface area contributed by atoms with Crippen LogP contribution < -0.4 is 5.32 Å². The zero-order valence-electron chi connectivity index (χ0n) is 17.3. The standard InChI is InChI=1S/C23H23N3O4/c1-14(2)23(4,13-24)26-21(27)15(3)30-22(28)17-12-19(20-10-7-11-29-20)25-18-9-6-5-8-16(17)18/h5-12,14-15H,1-4H3,(H,26,27)/t15-,23-/m0/s1. The molecule has 0 bridgehead atoms. The van der Waals surface area contributed by atoms with Crippen LogP contribution in [0.4, 0.5) is 0 Å². The minimum atomic E-state index is -1.08. The molecule has 154 valence electrons. The lowest BCUT2D eigenvalue weighted by Crippen LogP contribution is -2.52. The summed E-state index contributed by atoms with van der Waals surface area (Å²) >= 11 is 0. The van der Waals surface area contributed by atoms with Gasteiger partial charge in [-0.1, -0.05) is 32.0 Å². The molecule has 3 aromatic rings. The highest BCUT2D eigenvalue weighted by molar-refractivity contribution is 6.05. The van der Waals surface area contributed by atoms with Gasteiger partial charge in [0.25, 0.3) is 5.91 Å². The van der Waals surface area contributed by atoms with E-state index in [1.165, 1.54) is 13.2 Å². The topological polar surface area (TPSA) is 105 Å². The molecule has 1 aromatic carbocycles. The third-order valence-corrected chi connectivity index (χ3v) is 5.13. The third-order valence-electron chi connectivity index (χ3n) is 5.13. The van der Waals surface area contributed by atoms with Crippen molar-refractivity contribution in [2.45, 2.75) is 39.3 Å². The first kappa shape index (κ1) is 21.1. The molecule has 2 aromatic heterocycles. The van der Waals surface area contributed by atoms with Crippen molar-refractivity contribution in [3.63, 3.8) is 0 Å². The fraction of sp³-hybridized carbons (Fsp3) is 0.304. The van der Waals surface area contributed by atoms with Gasteiger partial charge in [-0.25, -0.2) is 9.78 Å². The van der Waals surface area contributed by atoms with E-state index < -0.39 is 23.5 Å². The van der Waals surface area contributed by atoms with Gasteiger partial charge in [-0.2, -0.15) is 5.26 Å². The number of furan rings is 1. The van der Waals surface area contributed by atoms with Gasteiger partial charge in [-0.05, 0) is 44.0 Å². The molecule has 0 fully saturated rings. The monoisotopic (exact) mass is 405 g/mol. The number of ether oxygens (including phenoxy) is 1. The number of pyridine rings is 1. The van der Waals surface area contributed by atoms with Crippen LogP contribution in [0.1, 0.15) is 38.1 Å². The molecule has 0 spiro atoms. The first-order chi connectivity index (χ1) is 14.2. The molecule has 0 aliphatic rings. The SMILES string of the molecule is CC(C)[C@](C)(C#N)NC(=O)[C@H](C)OC(=O)c1cc(-c2ccco2)nc2ccccc12. The summed E-state index contributed by atoms with van der Waals surface area (Å²) in [6.07, 6.45) is 0.445. The van der Waals surface area contributed by atoms with Crippen LogP contribution in [-0.4, -0.2) is 28.5 Å². The fourth-order valence-corrected chi connectivity index (χ4v) is 2.83. The van der Waals surface area contributed by atoms with E-state index in [1.807, 2.05) is 19.9 Å². The van der Waals surface area contributed by atoms with Gasteiger partial charge in [0.1, 0.15) is 11.2 Å². The van der Waals surface area contributed by atoms with Crippen LogP contribution in [0.25, 0.3) is 22.4 Å². The minimum Gasteiger partial charge on any atom is -0.463 e. The lowest BCUT2D eigenvalue weighted by atomic mass is 9.90. The summed E-state index contributed by atoms with van der Waals surface area (Å²) in [6.45, 7) is 6.77. The van der Waals surface area contributed by atoms with Crippen molar-refractivity contribution in [2.24, 2.45) is 5.92 Å². The number of fused-ring (bicyclic) bond motifs is 1. The Bertz CT molecular complexity index is 1120. The summed E-state index contributed by atoms with van der Waals surface area (Å²) in [7, 11) is 0. The van der Waals surface area contributed by atoms with Gasteiger partial charge in [0.2, 0.25) is 0 Å². The van der Waals surface area contributed by atoms with Crippen LogP contribution in [0.5, 0.6) is 0 Å². The van der Waals surface area contributed by atoms with Gasteiger partial charge in [-0.15, -0.1) is 0 Å². The number of benzene rings is 1. The summed E-state index contributed by atoms with van der Waals surface area (Å²) in [5.74, 6) is -0.797. The van der Waals surface area contributed by atoms with Crippen LogP contribution in [0.2, 0.25) is 0 Å². The van der Waals surface area contributed by atoms with Crippen molar-refractivity contribution in [2.75, 3.05) is 0 Å². The minimum absolute atomic E-state index is 0.116. The molecule has 1 N–H and O–H groups in total. The first-order valence-corrected chi connectivity index (χ1v) is 9.63. The smallest absolute Gasteiger partial charge is 0.339 e. The van der Waals surface area contributed by atoms with Crippen LogP contribution >= 0.6 is 0 Å². The molecule has 30 heavy (non-hydrogen) atoms. The average Bonchev–Trinajstić information content (AvgIpc) is 3.27. The quantitative estimate of drug-likeness (QED) is 0.619. The van der Waals surface area contributed by atoms with E-state index in [1.54, 1.807) is 43.3 Å². The molecule has 0 saturated heterocycles. The molecule has 7 nitrogen and oxygen atoms in total. The number of carbonyl (C=O) groups excluding carboxylic acids is 2. The number of hydrogen-bond acceptors (Lipinski definition) is 6. The Kier molecular flexibility index (Phi) is 5.88.